The van der Waals surface area contributed by atoms with Crippen molar-refractivity contribution in [1.29, 1.82) is 0 Å². The Balaban J connectivity index is 1.97. The average molecular weight is 377 g/mol. The van der Waals surface area contributed by atoms with E-state index in [0.717, 1.165) is 22.6 Å². The number of hydrogen-bond acceptors (Lipinski definition) is 3. The van der Waals surface area contributed by atoms with Gasteiger partial charge in [-0.15, -0.1) is 0 Å². The molecule has 0 N–H and O–H groups in total. The molecule has 0 aliphatic carbocycles. The van der Waals surface area contributed by atoms with Gasteiger partial charge in [-0.25, -0.2) is 5.01 Å². The molecule has 1 aliphatic rings. The predicted molar refractivity (Wildman–Crippen MR) is 100 cm³/mol. The fourth-order valence-electron chi connectivity index (χ4n) is 2.87. The maximum atomic E-state index is 12.4. The molecule has 2 aromatic rings. The first-order valence-electron chi connectivity index (χ1n) is 8.02. The molecular weight excluding hydrogens is 359 g/mol. The third-order valence-electron chi connectivity index (χ3n) is 4.21. The quantitative estimate of drug-likeness (QED) is 0.745. The lowest BCUT2D eigenvalue weighted by Crippen LogP contribution is -2.26. The zero-order valence-corrected chi connectivity index (χ0v) is 15.5. The Bertz CT molecular complexity index is 819. The Kier molecular flexibility index (Phi) is 5.30. The maximum Gasteiger partial charge on any atom is 0.242 e. The summed E-state index contributed by atoms with van der Waals surface area (Å²) in [5.41, 5.74) is 2.52. The molecule has 4 nitrogen and oxygen atoms in total. The van der Waals surface area contributed by atoms with Crippen LogP contribution in [-0.2, 0) is 4.79 Å². The van der Waals surface area contributed by atoms with Gasteiger partial charge in [0.05, 0.1) is 18.9 Å². The van der Waals surface area contributed by atoms with E-state index >= 15 is 0 Å². The van der Waals surface area contributed by atoms with E-state index in [4.69, 9.17) is 27.9 Å². The Hall–Kier alpha value is -2.04. The number of halogens is 2. The number of carbonyl (C=O) groups excluding carboxylic acids is 1. The van der Waals surface area contributed by atoms with Crippen molar-refractivity contribution >= 4 is 34.8 Å². The monoisotopic (exact) mass is 376 g/mol. The van der Waals surface area contributed by atoms with Gasteiger partial charge in [0, 0.05) is 28.5 Å². The highest BCUT2D eigenvalue weighted by atomic mass is 35.5. The largest absolute Gasteiger partial charge is 0.497 e. The highest BCUT2D eigenvalue weighted by Crippen LogP contribution is 2.36. The number of ether oxygens (including phenoxy) is 1. The highest BCUT2D eigenvalue weighted by molar-refractivity contribution is 6.36. The number of methoxy groups -OCH3 is 1. The van der Waals surface area contributed by atoms with Crippen LogP contribution in [0.2, 0.25) is 10.0 Å². The van der Waals surface area contributed by atoms with Crippen molar-refractivity contribution < 1.29 is 9.53 Å². The van der Waals surface area contributed by atoms with Gasteiger partial charge >= 0.3 is 0 Å². The summed E-state index contributed by atoms with van der Waals surface area (Å²) < 4.78 is 5.21. The summed E-state index contributed by atoms with van der Waals surface area (Å²) in [6.07, 6.45) is 0.963. The molecule has 0 radical (unpaired) electrons. The molecule has 2 aromatic carbocycles. The first-order chi connectivity index (χ1) is 12.0. The molecule has 0 bridgehead atoms. The van der Waals surface area contributed by atoms with Gasteiger partial charge in [0.1, 0.15) is 5.75 Å². The Morgan fingerprint density at radius 3 is 2.60 bits per heavy atom. The highest BCUT2D eigenvalue weighted by Gasteiger charge is 2.33. The number of amides is 1. The van der Waals surface area contributed by atoms with Gasteiger partial charge < -0.3 is 4.74 Å². The molecule has 130 valence electrons. The topological polar surface area (TPSA) is 41.9 Å². The molecule has 0 aromatic heterocycles. The summed E-state index contributed by atoms with van der Waals surface area (Å²) in [5, 5.41) is 7.27. The van der Waals surface area contributed by atoms with Gasteiger partial charge in [0.25, 0.3) is 0 Å². The normalized spacial score (nSPS) is 16.7. The van der Waals surface area contributed by atoms with E-state index in [1.165, 1.54) is 0 Å². The number of carbonyl (C=O) groups is 1. The molecule has 6 heteroatoms. The van der Waals surface area contributed by atoms with Crippen LogP contribution in [0.4, 0.5) is 0 Å². The minimum atomic E-state index is -0.164. The van der Waals surface area contributed by atoms with Crippen molar-refractivity contribution in [2.45, 2.75) is 25.8 Å². The molecule has 1 atom stereocenters. The molecular formula is C19H18Cl2N2O2. The fraction of sp³-hybridized carbons (Fsp3) is 0.263. The van der Waals surface area contributed by atoms with Crippen LogP contribution in [0.5, 0.6) is 5.75 Å². The molecule has 1 heterocycles. The maximum absolute atomic E-state index is 12.4. The van der Waals surface area contributed by atoms with Gasteiger partial charge in [0.15, 0.2) is 0 Å². The lowest BCUT2D eigenvalue weighted by Gasteiger charge is -2.21. The van der Waals surface area contributed by atoms with Crippen LogP contribution in [0.25, 0.3) is 0 Å². The zero-order chi connectivity index (χ0) is 18.0. The number of hydrogen-bond donors (Lipinski definition) is 0. The SMILES string of the molecule is CCC(=O)N1N=C(c2cc(Cl)ccc2Cl)CC1c1ccc(OC)cc1. The summed E-state index contributed by atoms with van der Waals surface area (Å²) in [4.78, 5) is 12.4. The molecule has 1 unspecified atom stereocenters. The average Bonchev–Trinajstić information content (AvgIpc) is 3.08. The van der Waals surface area contributed by atoms with E-state index in [1.807, 2.05) is 31.2 Å². The zero-order valence-electron chi connectivity index (χ0n) is 14.0. The van der Waals surface area contributed by atoms with Crippen LogP contribution in [-0.4, -0.2) is 23.7 Å². The van der Waals surface area contributed by atoms with Gasteiger partial charge in [-0.3, -0.25) is 4.79 Å². The smallest absolute Gasteiger partial charge is 0.242 e. The fourth-order valence-corrected chi connectivity index (χ4v) is 3.27. The van der Waals surface area contributed by atoms with Crippen LogP contribution < -0.4 is 4.74 Å². The van der Waals surface area contributed by atoms with Crippen molar-refractivity contribution in [3.63, 3.8) is 0 Å². The Morgan fingerprint density at radius 1 is 1.24 bits per heavy atom. The van der Waals surface area contributed by atoms with Gasteiger partial charge in [-0.1, -0.05) is 42.3 Å². The van der Waals surface area contributed by atoms with Crippen LogP contribution in [0, 0.1) is 0 Å². The summed E-state index contributed by atoms with van der Waals surface area (Å²) in [7, 11) is 1.62. The van der Waals surface area contributed by atoms with E-state index in [9.17, 15) is 4.79 Å². The summed E-state index contributed by atoms with van der Waals surface area (Å²) in [6, 6.07) is 12.8. The molecule has 0 spiro atoms. The van der Waals surface area contributed by atoms with Crippen molar-refractivity contribution in [1.82, 2.24) is 5.01 Å². The van der Waals surface area contributed by atoms with Gasteiger partial charge in [-0.2, -0.15) is 5.10 Å². The first kappa shape index (κ1) is 17.8. The van der Waals surface area contributed by atoms with Crippen LogP contribution in [0.15, 0.2) is 47.6 Å². The standard InChI is InChI=1S/C19H18Cl2N2O2/c1-3-19(24)23-18(12-4-7-14(25-2)8-5-12)11-17(22-23)15-10-13(20)6-9-16(15)21/h4-10,18H,3,11H2,1-2H3. The second-order valence-electron chi connectivity index (χ2n) is 5.76. The van der Waals surface area contributed by atoms with E-state index < -0.39 is 0 Å². The van der Waals surface area contributed by atoms with Gasteiger partial charge in [0.2, 0.25) is 5.91 Å². The lowest BCUT2D eigenvalue weighted by molar-refractivity contribution is -0.132. The Labute approximate surface area is 157 Å². The minimum Gasteiger partial charge on any atom is -0.497 e. The number of benzene rings is 2. The summed E-state index contributed by atoms with van der Waals surface area (Å²) >= 11 is 12.4. The second-order valence-corrected chi connectivity index (χ2v) is 6.60. The molecule has 1 aliphatic heterocycles. The van der Waals surface area contributed by atoms with E-state index in [2.05, 4.69) is 5.10 Å². The Morgan fingerprint density at radius 2 is 1.96 bits per heavy atom. The molecule has 25 heavy (non-hydrogen) atoms. The molecule has 0 fully saturated rings. The molecule has 0 saturated carbocycles. The second kappa shape index (κ2) is 7.46. The number of nitrogens with zero attached hydrogens (tertiary/aromatic N) is 2. The van der Waals surface area contributed by atoms with Crippen molar-refractivity contribution in [3.05, 3.63) is 63.6 Å². The van der Waals surface area contributed by atoms with Crippen molar-refractivity contribution in [3.8, 4) is 5.75 Å². The third-order valence-corrected chi connectivity index (χ3v) is 4.77. The van der Waals surface area contributed by atoms with Crippen LogP contribution >= 0.6 is 23.2 Å². The molecule has 0 saturated heterocycles. The lowest BCUT2D eigenvalue weighted by atomic mass is 9.98. The number of rotatable bonds is 4. The summed E-state index contributed by atoms with van der Waals surface area (Å²) in [6.45, 7) is 1.83. The van der Waals surface area contributed by atoms with Gasteiger partial charge in [-0.05, 0) is 35.9 Å². The van der Waals surface area contributed by atoms with Crippen molar-refractivity contribution in [2.75, 3.05) is 7.11 Å². The minimum absolute atomic E-state index is 0.0334. The first-order valence-corrected chi connectivity index (χ1v) is 8.78. The third kappa shape index (κ3) is 3.65. The number of hydrazone groups is 1. The molecule has 1 amide bonds. The van der Waals surface area contributed by atoms with Crippen LogP contribution in [0.3, 0.4) is 0 Å². The van der Waals surface area contributed by atoms with Crippen LogP contribution in [0.1, 0.15) is 36.9 Å². The van der Waals surface area contributed by atoms with E-state index in [0.29, 0.717) is 22.9 Å². The predicted octanol–water partition coefficient (Wildman–Crippen LogP) is 5.09. The van der Waals surface area contributed by atoms with E-state index in [-0.39, 0.29) is 11.9 Å². The van der Waals surface area contributed by atoms with E-state index in [1.54, 1.807) is 30.3 Å². The summed E-state index contributed by atoms with van der Waals surface area (Å²) in [5.74, 6) is 0.739. The van der Waals surface area contributed by atoms with Crippen molar-refractivity contribution in [2.24, 2.45) is 5.10 Å². The molecule has 3 rings (SSSR count).